The Morgan fingerprint density at radius 3 is 2.00 bits per heavy atom. The van der Waals surface area contributed by atoms with Crippen LogP contribution >= 0.6 is 0 Å². The molecule has 0 unspecified atom stereocenters. The second-order valence-corrected chi connectivity index (χ2v) is 3.09. The molecule has 0 aromatic heterocycles. The summed E-state index contributed by atoms with van der Waals surface area (Å²) in [5.41, 5.74) is 0.549. The maximum atomic E-state index is 10.7. The van der Waals surface area contributed by atoms with Crippen molar-refractivity contribution in [1.82, 2.24) is 0 Å². The van der Waals surface area contributed by atoms with Crippen LogP contribution in [0.4, 0.5) is 0 Å². The lowest BCUT2D eigenvalue weighted by Crippen LogP contribution is -2.03. The molecule has 0 fully saturated rings. The minimum Gasteiger partial charge on any atom is -0.496 e. The standard InChI is InChI=1S/C11H14O5/c1-14-8-6-10(16-3)9(15-2)4-7(8)5-11(12)13/h4,6H,5H2,1-3H3,(H,12,13). The first-order chi connectivity index (χ1) is 7.62. The SMILES string of the molecule is COc1cc(OC)c(OC)cc1CC(=O)O. The van der Waals surface area contributed by atoms with Crippen molar-refractivity contribution in [2.75, 3.05) is 21.3 Å². The summed E-state index contributed by atoms with van der Waals surface area (Å²) >= 11 is 0. The van der Waals surface area contributed by atoms with Crippen LogP contribution in [-0.2, 0) is 11.2 Å². The monoisotopic (exact) mass is 226 g/mol. The van der Waals surface area contributed by atoms with Crippen molar-refractivity contribution in [1.29, 1.82) is 0 Å². The van der Waals surface area contributed by atoms with Crippen LogP contribution in [-0.4, -0.2) is 32.4 Å². The summed E-state index contributed by atoms with van der Waals surface area (Å²) < 4.78 is 15.3. The Morgan fingerprint density at radius 2 is 1.56 bits per heavy atom. The lowest BCUT2D eigenvalue weighted by molar-refractivity contribution is -0.136. The van der Waals surface area contributed by atoms with E-state index in [1.54, 1.807) is 12.1 Å². The van der Waals surface area contributed by atoms with Gasteiger partial charge in [0.05, 0.1) is 27.8 Å². The number of benzene rings is 1. The van der Waals surface area contributed by atoms with Gasteiger partial charge in [-0.2, -0.15) is 0 Å². The number of ether oxygens (including phenoxy) is 3. The topological polar surface area (TPSA) is 65.0 Å². The third-order valence-corrected chi connectivity index (χ3v) is 2.13. The highest BCUT2D eigenvalue weighted by molar-refractivity contribution is 5.72. The van der Waals surface area contributed by atoms with Crippen molar-refractivity contribution in [3.05, 3.63) is 17.7 Å². The summed E-state index contributed by atoms with van der Waals surface area (Å²) in [6.07, 6.45) is -0.122. The maximum absolute atomic E-state index is 10.7. The molecule has 1 aromatic carbocycles. The molecule has 0 heterocycles. The van der Waals surface area contributed by atoms with Crippen LogP contribution in [0.25, 0.3) is 0 Å². The van der Waals surface area contributed by atoms with E-state index >= 15 is 0 Å². The Kier molecular flexibility index (Phi) is 3.99. The van der Waals surface area contributed by atoms with Gasteiger partial charge in [-0.1, -0.05) is 0 Å². The number of carboxylic acid groups (broad SMARTS) is 1. The van der Waals surface area contributed by atoms with Crippen molar-refractivity contribution in [2.45, 2.75) is 6.42 Å². The van der Waals surface area contributed by atoms with Gasteiger partial charge < -0.3 is 19.3 Å². The minimum absolute atomic E-state index is 0.122. The van der Waals surface area contributed by atoms with Gasteiger partial charge in [0.15, 0.2) is 11.5 Å². The number of hydrogen-bond donors (Lipinski definition) is 1. The van der Waals surface area contributed by atoms with Crippen LogP contribution in [0.5, 0.6) is 17.2 Å². The van der Waals surface area contributed by atoms with Crippen LogP contribution in [0.15, 0.2) is 12.1 Å². The van der Waals surface area contributed by atoms with Gasteiger partial charge in [0.2, 0.25) is 0 Å². The molecule has 0 amide bonds. The zero-order chi connectivity index (χ0) is 12.1. The van der Waals surface area contributed by atoms with Crippen LogP contribution < -0.4 is 14.2 Å². The van der Waals surface area contributed by atoms with Crippen molar-refractivity contribution in [3.63, 3.8) is 0 Å². The molecule has 1 aromatic rings. The molecule has 0 radical (unpaired) electrons. The number of aliphatic carboxylic acids is 1. The first kappa shape index (κ1) is 12.2. The average molecular weight is 226 g/mol. The summed E-state index contributed by atoms with van der Waals surface area (Å²) in [5, 5.41) is 8.75. The Morgan fingerprint density at radius 1 is 1.06 bits per heavy atom. The van der Waals surface area contributed by atoms with Crippen LogP contribution in [0, 0.1) is 0 Å². The second kappa shape index (κ2) is 5.25. The summed E-state index contributed by atoms with van der Waals surface area (Å²) in [4.78, 5) is 10.7. The molecular formula is C11H14O5. The van der Waals surface area contributed by atoms with Crippen LogP contribution in [0.3, 0.4) is 0 Å². The molecule has 0 atom stereocenters. The third kappa shape index (κ3) is 2.56. The first-order valence-electron chi connectivity index (χ1n) is 4.63. The molecule has 0 spiro atoms. The molecule has 1 rings (SSSR count). The van der Waals surface area contributed by atoms with Gasteiger partial charge in [-0.3, -0.25) is 4.79 Å². The molecule has 16 heavy (non-hydrogen) atoms. The van der Waals surface area contributed by atoms with E-state index in [4.69, 9.17) is 19.3 Å². The zero-order valence-corrected chi connectivity index (χ0v) is 9.44. The Labute approximate surface area is 93.6 Å². The summed E-state index contributed by atoms with van der Waals surface area (Å²) in [7, 11) is 4.48. The highest BCUT2D eigenvalue weighted by Gasteiger charge is 2.13. The predicted molar refractivity (Wildman–Crippen MR) is 57.4 cm³/mol. The quantitative estimate of drug-likeness (QED) is 0.820. The van der Waals surface area contributed by atoms with Crippen molar-refractivity contribution in [3.8, 4) is 17.2 Å². The minimum atomic E-state index is -0.925. The second-order valence-electron chi connectivity index (χ2n) is 3.09. The fourth-order valence-corrected chi connectivity index (χ4v) is 1.39. The largest absolute Gasteiger partial charge is 0.496 e. The van der Waals surface area contributed by atoms with Gasteiger partial charge in [0, 0.05) is 11.6 Å². The molecule has 5 nitrogen and oxygen atoms in total. The summed E-state index contributed by atoms with van der Waals surface area (Å²) in [5.74, 6) is 0.540. The fraction of sp³-hybridized carbons (Fsp3) is 0.364. The molecule has 0 saturated heterocycles. The Bertz CT molecular complexity index is 386. The lowest BCUT2D eigenvalue weighted by Gasteiger charge is -2.12. The number of hydrogen-bond acceptors (Lipinski definition) is 4. The van der Waals surface area contributed by atoms with E-state index in [2.05, 4.69) is 0 Å². The number of carboxylic acids is 1. The average Bonchev–Trinajstić information content (AvgIpc) is 2.27. The van der Waals surface area contributed by atoms with Gasteiger partial charge in [-0.05, 0) is 6.07 Å². The van der Waals surface area contributed by atoms with Crippen LogP contribution in [0.2, 0.25) is 0 Å². The van der Waals surface area contributed by atoms with Gasteiger partial charge in [-0.15, -0.1) is 0 Å². The number of methoxy groups -OCH3 is 3. The van der Waals surface area contributed by atoms with Gasteiger partial charge in [-0.25, -0.2) is 0 Å². The van der Waals surface area contributed by atoms with E-state index in [9.17, 15) is 4.79 Å². The fourth-order valence-electron chi connectivity index (χ4n) is 1.39. The Balaban J connectivity index is 3.20. The van der Waals surface area contributed by atoms with Gasteiger partial charge in [0.25, 0.3) is 0 Å². The van der Waals surface area contributed by atoms with E-state index < -0.39 is 5.97 Å². The smallest absolute Gasteiger partial charge is 0.307 e. The molecular weight excluding hydrogens is 212 g/mol. The normalized spacial score (nSPS) is 9.69. The third-order valence-electron chi connectivity index (χ3n) is 2.13. The number of carbonyl (C=O) groups is 1. The molecule has 0 bridgehead atoms. The molecule has 0 aliphatic rings. The summed E-state index contributed by atoms with van der Waals surface area (Å²) in [6.45, 7) is 0. The van der Waals surface area contributed by atoms with Crippen molar-refractivity contribution in [2.24, 2.45) is 0 Å². The predicted octanol–water partition coefficient (Wildman–Crippen LogP) is 1.34. The molecule has 0 aliphatic heterocycles. The van der Waals surface area contributed by atoms with E-state index in [0.717, 1.165) is 0 Å². The first-order valence-corrected chi connectivity index (χ1v) is 4.63. The van der Waals surface area contributed by atoms with E-state index in [1.807, 2.05) is 0 Å². The lowest BCUT2D eigenvalue weighted by atomic mass is 10.1. The van der Waals surface area contributed by atoms with E-state index in [-0.39, 0.29) is 6.42 Å². The van der Waals surface area contributed by atoms with Crippen molar-refractivity contribution < 1.29 is 24.1 Å². The Hall–Kier alpha value is -1.91. The molecule has 0 aliphatic carbocycles. The van der Waals surface area contributed by atoms with Crippen LogP contribution in [0.1, 0.15) is 5.56 Å². The number of rotatable bonds is 5. The molecule has 0 saturated carbocycles. The highest BCUT2D eigenvalue weighted by atomic mass is 16.5. The zero-order valence-electron chi connectivity index (χ0n) is 9.44. The van der Waals surface area contributed by atoms with Crippen molar-refractivity contribution >= 4 is 5.97 Å². The highest BCUT2D eigenvalue weighted by Crippen LogP contribution is 2.34. The molecule has 1 N–H and O–H groups in total. The maximum Gasteiger partial charge on any atom is 0.307 e. The molecule has 5 heteroatoms. The van der Waals surface area contributed by atoms with Gasteiger partial charge >= 0.3 is 5.97 Å². The van der Waals surface area contributed by atoms with Gasteiger partial charge in [0.1, 0.15) is 5.75 Å². The molecule has 88 valence electrons. The summed E-state index contributed by atoms with van der Waals surface area (Å²) in [6, 6.07) is 3.21. The van der Waals surface area contributed by atoms with E-state index in [1.165, 1.54) is 21.3 Å². The van der Waals surface area contributed by atoms with E-state index in [0.29, 0.717) is 22.8 Å².